The van der Waals surface area contributed by atoms with Crippen LogP contribution in [0.2, 0.25) is 0 Å². The third kappa shape index (κ3) is 4.48. The van der Waals surface area contributed by atoms with E-state index in [0.29, 0.717) is 29.5 Å². The van der Waals surface area contributed by atoms with Gasteiger partial charge >= 0.3 is 0 Å². The number of carbonyl (C=O) groups is 1. The quantitative estimate of drug-likeness (QED) is 0.879. The Hall–Kier alpha value is -2.14. The maximum absolute atomic E-state index is 12.6. The van der Waals surface area contributed by atoms with Crippen LogP contribution in [-0.2, 0) is 0 Å². The van der Waals surface area contributed by atoms with Crippen LogP contribution in [0, 0.1) is 11.8 Å². The van der Waals surface area contributed by atoms with Crippen LogP contribution in [0.15, 0.2) is 35.1 Å². The van der Waals surface area contributed by atoms with Crippen molar-refractivity contribution < 1.29 is 4.79 Å². The van der Waals surface area contributed by atoms with Crippen molar-refractivity contribution in [3.8, 4) is 0 Å². The summed E-state index contributed by atoms with van der Waals surface area (Å²) in [5.74, 6) is 0.976. The first-order chi connectivity index (χ1) is 12.0. The normalized spacial score (nSPS) is 18.6. The number of hydrogen-bond acceptors (Lipinski definition) is 3. The van der Waals surface area contributed by atoms with Gasteiger partial charge in [0.05, 0.1) is 5.56 Å². The van der Waals surface area contributed by atoms with E-state index in [4.69, 9.17) is 0 Å². The number of fused-ring (bicyclic) bond motifs is 1. The van der Waals surface area contributed by atoms with Gasteiger partial charge < -0.3 is 15.2 Å². The molecule has 1 amide bonds. The Kier molecular flexibility index (Phi) is 5.53. The van der Waals surface area contributed by atoms with Crippen molar-refractivity contribution >= 4 is 16.8 Å². The van der Waals surface area contributed by atoms with Crippen LogP contribution in [0.4, 0.5) is 0 Å². The zero-order chi connectivity index (χ0) is 17.8. The molecule has 0 bridgehead atoms. The minimum atomic E-state index is -0.246. The molecule has 1 fully saturated rings. The molecule has 5 nitrogen and oxygen atoms in total. The third-order valence-electron chi connectivity index (χ3n) is 4.77. The molecule has 0 unspecified atom stereocenters. The molecular formula is C20H27N3O2. The lowest BCUT2D eigenvalue weighted by Gasteiger charge is -2.33. The smallest absolute Gasteiger partial charge is 0.252 e. The van der Waals surface area contributed by atoms with Gasteiger partial charge in [0.2, 0.25) is 5.56 Å². The van der Waals surface area contributed by atoms with Gasteiger partial charge in [-0.1, -0.05) is 32.0 Å². The van der Waals surface area contributed by atoms with Gasteiger partial charge in [-0.25, -0.2) is 0 Å². The molecule has 25 heavy (non-hydrogen) atoms. The summed E-state index contributed by atoms with van der Waals surface area (Å²) in [6, 6.07) is 8.81. The lowest BCUT2D eigenvalue weighted by Crippen LogP contribution is -2.42. The number of piperidine rings is 1. The van der Waals surface area contributed by atoms with Crippen LogP contribution in [0.3, 0.4) is 0 Å². The zero-order valence-electron chi connectivity index (χ0n) is 15.0. The summed E-state index contributed by atoms with van der Waals surface area (Å²) < 4.78 is 0. The van der Waals surface area contributed by atoms with E-state index in [0.717, 1.165) is 31.4 Å². The van der Waals surface area contributed by atoms with E-state index in [1.54, 1.807) is 0 Å². The number of hydrogen-bond donors (Lipinski definition) is 2. The van der Waals surface area contributed by atoms with Crippen LogP contribution in [0.25, 0.3) is 10.9 Å². The molecule has 5 heteroatoms. The van der Waals surface area contributed by atoms with Gasteiger partial charge in [0.15, 0.2) is 0 Å². The first-order valence-electron chi connectivity index (χ1n) is 9.15. The fourth-order valence-corrected chi connectivity index (χ4v) is 3.72. The van der Waals surface area contributed by atoms with Gasteiger partial charge in [0.25, 0.3) is 5.91 Å². The summed E-state index contributed by atoms with van der Waals surface area (Å²) in [5.41, 5.74) is 0.903. The number of H-pyrrole nitrogens is 1. The number of carbonyl (C=O) groups excluding carboxylic acids is 1. The fraction of sp³-hybridized carbons (Fsp3) is 0.500. The Morgan fingerprint density at radius 3 is 2.96 bits per heavy atom. The van der Waals surface area contributed by atoms with Gasteiger partial charge in [-0.15, -0.1) is 0 Å². The van der Waals surface area contributed by atoms with E-state index in [1.807, 2.05) is 24.3 Å². The Labute approximate surface area is 148 Å². The van der Waals surface area contributed by atoms with Crippen LogP contribution in [-0.4, -0.2) is 42.0 Å². The molecule has 2 aromatic rings. The molecule has 1 aliphatic heterocycles. The Morgan fingerprint density at radius 2 is 2.16 bits per heavy atom. The van der Waals surface area contributed by atoms with Crippen molar-refractivity contribution in [1.29, 1.82) is 0 Å². The number of amides is 1. The summed E-state index contributed by atoms with van der Waals surface area (Å²) in [5, 5.41) is 3.83. The number of para-hydroxylation sites is 1. The minimum absolute atomic E-state index is 0.164. The molecule has 2 heterocycles. The highest BCUT2D eigenvalue weighted by Crippen LogP contribution is 2.18. The van der Waals surface area contributed by atoms with Gasteiger partial charge in [-0.05, 0) is 37.3 Å². The number of aromatic nitrogens is 1. The van der Waals surface area contributed by atoms with Crippen molar-refractivity contribution in [3.63, 3.8) is 0 Å². The number of benzene rings is 1. The highest BCUT2D eigenvalue weighted by Gasteiger charge is 2.21. The Morgan fingerprint density at radius 1 is 1.36 bits per heavy atom. The molecule has 1 aromatic carbocycles. The van der Waals surface area contributed by atoms with Crippen LogP contribution >= 0.6 is 0 Å². The molecule has 3 rings (SSSR count). The van der Waals surface area contributed by atoms with Gasteiger partial charge in [-0.2, -0.15) is 0 Å². The monoisotopic (exact) mass is 341 g/mol. The number of likely N-dealkylation sites (tertiary alicyclic amines) is 1. The highest BCUT2D eigenvalue weighted by molar-refractivity contribution is 6.05. The lowest BCUT2D eigenvalue weighted by atomic mass is 9.97. The van der Waals surface area contributed by atoms with Gasteiger partial charge in [0, 0.05) is 36.6 Å². The number of nitrogens with zero attached hydrogens (tertiary/aromatic N) is 1. The average molecular weight is 341 g/mol. The Bertz CT molecular complexity index is 797. The third-order valence-corrected chi connectivity index (χ3v) is 4.77. The summed E-state index contributed by atoms with van der Waals surface area (Å²) in [6.07, 6.45) is 2.33. The second-order valence-electron chi connectivity index (χ2n) is 7.46. The molecule has 134 valence electrons. The molecular weight excluding hydrogens is 314 g/mol. The minimum Gasteiger partial charge on any atom is -0.352 e. The molecule has 1 saturated heterocycles. The average Bonchev–Trinajstić information content (AvgIpc) is 2.58. The summed E-state index contributed by atoms with van der Waals surface area (Å²) in [4.78, 5) is 29.7. The summed E-state index contributed by atoms with van der Waals surface area (Å²) >= 11 is 0. The number of aromatic amines is 1. The first-order valence-corrected chi connectivity index (χ1v) is 9.15. The first kappa shape index (κ1) is 17.7. The largest absolute Gasteiger partial charge is 0.352 e. The molecule has 2 N–H and O–H groups in total. The zero-order valence-corrected chi connectivity index (χ0v) is 15.0. The number of rotatable bonds is 5. The molecule has 1 atom stereocenters. The van der Waals surface area contributed by atoms with Crippen molar-refractivity contribution in [2.45, 2.75) is 26.7 Å². The number of nitrogens with one attached hydrogen (secondary N) is 2. The van der Waals surface area contributed by atoms with Crippen LogP contribution in [0.5, 0.6) is 0 Å². The standard InChI is InChI=1S/C20H27N3O2/c1-14(2)12-23-9-5-6-15(13-23)11-21-20(25)17-10-19(24)22-18-8-4-3-7-16(17)18/h3-4,7-8,10,14-15H,5-6,9,11-13H2,1-2H3,(H,21,25)(H,22,24)/t15-/m0/s1. The molecule has 1 aromatic heterocycles. The van der Waals surface area contributed by atoms with Crippen molar-refractivity contribution in [2.24, 2.45) is 11.8 Å². The van der Waals surface area contributed by atoms with E-state index >= 15 is 0 Å². The summed E-state index contributed by atoms with van der Waals surface area (Å²) in [6.45, 7) is 8.44. The predicted octanol–water partition coefficient (Wildman–Crippen LogP) is 2.63. The second-order valence-corrected chi connectivity index (χ2v) is 7.46. The van der Waals surface area contributed by atoms with Crippen molar-refractivity contribution in [3.05, 3.63) is 46.2 Å². The second kappa shape index (κ2) is 7.83. The lowest BCUT2D eigenvalue weighted by molar-refractivity contribution is 0.0930. The molecule has 1 aliphatic rings. The van der Waals surface area contributed by atoms with Crippen molar-refractivity contribution in [1.82, 2.24) is 15.2 Å². The van der Waals surface area contributed by atoms with Crippen molar-refractivity contribution in [2.75, 3.05) is 26.2 Å². The van der Waals surface area contributed by atoms with E-state index in [9.17, 15) is 9.59 Å². The van der Waals surface area contributed by atoms with E-state index in [-0.39, 0.29) is 11.5 Å². The van der Waals surface area contributed by atoms with Gasteiger partial charge in [0.1, 0.15) is 0 Å². The predicted molar refractivity (Wildman–Crippen MR) is 101 cm³/mol. The molecule has 0 aliphatic carbocycles. The molecule has 0 saturated carbocycles. The molecule has 0 spiro atoms. The van der Waals surface area contributed by atoms with E-state index in [1.165, 1.54) is 12.5 Å². The molecule has 0 radical (unpaired) electrons. The maximum atomic E-state index is 12.6. The maximum Gasteiger partial charge on any atom is 0.252 e. The van der Waals surface area contributed by atoms with Gasteiger partial charge in [-0.3, -0.25) is 9.59 Å². The Balaban J connectivity index is 1.66. The van der Waals surface area contributed by atoms with E-state index in [2.05, 4.69) is 29.0 Å². The number of pyridine rings is 1. The topological polar surface area (TPSA) is 65.2 Å². The summed E-state index contributed by atoms with van der Waals surface area (Å²) in [7, 11) is 0. The van der Waals surface area contributed by atoms with Crippen LogP contribution in [0.1, 0.15) is 37.0 Å². The fourth-order valence-electron chi connectivity index (χ4n) is 3.72. The van der Waals surface area contributed by atoms with Crippen LogP contribution < -0.4 is 10.9 Å². The highest BCUT2D eigenvalue weighted by atomic mass is 16.2. The van der Waals surface area contributed by atoms with E-state index < -0.39 is 0 Å². The SMILES string of the molecule is CC(C)CN1CCC[C@@H](CNC(=O)c2cc(=O)[nH]c3ccccc23)C1.